The Hall–Kier alpha value is -1.90. The van der Waals surface area contributed by atoms with Gasteiger partial charge in [0, 0.05) is 16.9 Å². The van der Waals surface area contributed by atoms with Crippen LogP contribution >= 0.6 is 0 Å². The molecular formula is C28H36O3. The largest absolute Gasteiger partial charge is 0.504 e. The Bertz CT molecular complexity index is 1020. The summed E-state index contributed by atoms with van der Waals surface area (Å²) in [5.41, 5.74) is 3.58. The first-order valence-electron chi connectivity index (χ1n) is 12.0. The smallest absolute Gasteiger partial charge is 0.220 e. The molecule has 0 aliphatic heterocycles. The van der Waals surface area contributed by atoms with E-state index in [1.54, 1.807) is 19.1 Å². The van der Waals surface area contributed by atoms with Gasteiger partial charge in [-0.1, -0.05) is 39.8 Å². The second-order valence-corrected chi connectivity index (χ2v) is 12.2. The van der Waals surface area contributed by atoms with Crippen molar-refractivity contribution in [3.63, 3.8) is 0 Å². The van der Waals surface area contributed by atoms with Crippen molar-refractivity contribution >= 4 is 11.6 Å². The Balaban J connectivity index is 1.67. The summed E-state index contributed by atoms with van der Waals surface area (Å²) >= 11 is 0. The summed E-state index contributed by atoms with van der Waals surface area (Å²) in [7, 11) is 0. The molecule has 0 spiro atoms. The molecule has 6 unspecified atom stereocenters. The zero-order valence-electron chi connectivity index (χ0n) is 19.7. The summed E-state index contributed by atoms with van der Waals surface area (Å²) in [5.74, 6) is 0.0654. The van der Waals surface area contributed by atoms with Crippen molar-refractivity contribution in [2.75, 3.05) is 0 Å². The van der Waals surface area contributed by atoms with Crippen LogP contribution in [0, 0.1) is 33.5 Å². The van der Waals surface area contributed by atoms with Gasteiger partial charge in [-0.05, 0) is 97.3 Å². The molecule has 5 aliphatic carbocycles. The minimum Gasteiger partial charge on any atom is -0.504 e. The van der Waals surface area contributed by atoms with Crippen LogP contribution in [0.3, 0.4) is 0 Å². The topological polar surface area (TPSA) is 54.4 Å². The van der Waals surface area contributed by atoms with Gasteiger partial charge in [0.15, 0.2) is 11.5 Å². The van der Waals surface area contributed by atoms with E-state index in [-0.39, 0.29) is 39.5 Å². The number of allylic oxidation sites excluding steroid dienone is 6. The fourth-order valence-electron chi connectivity index (χ4n) is 8.69. The second kappa shape index (κ2) is 6.11. The standard InChI is InChI=1S/C28H36O3/c1-16-7-8-25(3)9-11-28(6)24-21(30)14-18-17(2)23(31)20(29)15-19(18)26(24,4)10-12-27(28,5)22(25)13-16/h14-15,22,24,31H,1,7-13H2,2-6H3. The van der Waals surface area contributed by atoms with Gasteiger partial charge in [-0.25, -0.2) is 0 Å². The molecule has 0 heterocycles. The summed E-state index contributed by atoms with van der Waals surface area (Å²) in [6.07, 6.45) is 11.0. The Morgan fingerprint density at radius 2 is 1.65 bits per heavy atom. The van der Waals surface area contributed by atoms with E-state index in [9.17, 15) is 14.7 Å². The molecule has 0 saturated heterocycles. The highest BCUT2D eigenvalue weighted by Gasteiger charge is 2.69. The molecule has 0 aromatic heterocycles. The van der Waals surface area contributed by atoms with Crippen LogP contribution < -0.4 is 0 Å². The SMILES string of the molecule is C=C1CCC2(C)CCC3(C)C4C(=O)C=C5C(=CC(=O)C(O)=C5C)C4(C)CCC3(C)C2C1. The monoisotopic (exact) mass is 420 g/mol. The molecule has 0 bridgehead atoms. The predicted molar refractivity (Wildman–Crippen MR) is 122 cm³/mol. The fraction of sp³-hybridized carbons (Fsp3) is 0.643. The van der Waals surface area contributed by atoms with Crippen molar-refractivity contribution in [3.8, 4) is 0 Å². The minimum atomic E-state index is -0.369. The maximum absolute atomic E-state index is 13.8. The van der Waals surface area contributed by atoms with Crippen molar-refractivity contribution in [2.24, 2.45) is 33.5 Å². The van der Waals surface area contributed by atoms with Gasteiger partial charge in [0.2, 0.25) is 5.78 Å². The molecule has 5 aliphatic rings. The Kier molecular flexibility index (Phi) is 4.14. The maximum Gasteiger partial charge on any atom is 0.220 e. The van der Waals surface area contributed by atoms with Gasteiger partial charge in [0.05, 0.1) is 0 Å². The Labute approximate surface area is 186 Å². The lowest BCUT2D eigenvalue weighted by Gasteiger charge is -2.70. The number of hydrogen-bond donors (Lipinski definition) is 1. The zero-order chi connectivity index (χ0) is 22.6. The molecule has 0 aromatic rings. The number of fused-ring (bicyclic) bond motifs is 7. The van der Waals surface area contributed by atoms with E-state index in [4.69, 9.17) is 0 Å². The predicted octanol–water partition coefficient (Wildman–Crippen LogP) is 6.42. The van der Waals surface area contributed by atoms with Gasteiger partial charge >= 0.3 is 0 Å². The number of rotatable bonds is 0. The molecule has 3 nitrogen and oxygen atoms in total. The molecular weight excluding hydrogens is 384 g/mol. The van der Waals surface area contributed by atoms with Crippen LogP contribution in [0.2, 0.25) is 0 Å². The van der Waals surface area contributed by atoms with Crippen molar-refractivity contribution in [3.05, 3.63) is 46.8 Å². The third-order valence-electron chi connectivity index (χ3n) is 10.9. The molecule has 3 saturated carbocycles. The highest BCUT2D eigenvalue weighted by molar-refractivity contribution is 6.09. The lowest BCUT2D eigenvalue weighted by atomic mass is 9.33. The van der Waals surface area contributed by atoms with Crippen LogP contribution in [0.5, 0.6) is 0 Å². The van der Waals surface area contributed by atoms with Crippen molar-refractivity contribution < 1.29 is 14.7 Å². The molecule has 1 N–H and O–H groups in total. The number of carbonyl (C=O) groups is 2. The average Bonchev–Trinajstić information content (AvgIpc) is 2.71. The van der Waals surface area contributed by atoms with Crippen LogP contribution in [0.25, 0.3) is 0 Å². The van der Waals surface area contributed by atoms with Crippen LogP contribution in [-0.4, -0.2) is 16.7 Å². The summed E-state index contributed by atoms with van der Waals surface area (Å²) in [6, 6.07) is 0. The van der Waals surface area contributed by atoms with Gasteiger partial charge < -0.3 is 5.11 Å². The molecule has 3 fully saturated rings. The number of aliphatic hydroxyl groups excluding tert-OH is 1. The average molecular weight is 421 g/mol. The van der Waals surface area contributed by atoms with Gasteiger partial charge in [-0.15, -0.1) is 0 Å². The third-order valence-corrected chi connectivity index (χ3v) is 10.9. The normalized spacial score (nSPS) is 47.1. The van der Waals surface area contributed by atoms with E-state index in [0.717, 1.165) is 49.7 Å². The van der Waals surface area contributed by atoms with Crippen molar-refractivity contribution in [1.29, 1.82) is 0 Å². The maximum atomic E-state index is 13.8. The highest BCUT2D eigenvalue weighted by atomic mass is 16.3. The molecule has 0 amide bonds. The third kappa shape index (κ3) is 2.41. The first-order chi connectivity index (χ1) is 14.4. The molecule has 5 rings (SSSR count). The van der Waals surface area contributed by atoms with Crippen LogP contribution in [-0.2, 0) is 9.59 Å². The number of hydrogen-bond acceptors (Lipinski definition) is 3. The number of aliphatic hydroxyl groups is 1. The molecule has 3 heteroatoms. The fourth-order valence-corrected chi connectivity index (χ4v) is 8.69. The van der Waals surface area contributed by atoms with Crippen molar-refractivity contribution in [1.82, 2.24) is 0 Å². The molecule has 166 valence electrons. The lowest BCUT2D eigenvalue weighted by molar-refractivity contribution is -0.198. The van der Waals surface area contributed by atoms with Gasteiger partial charge in [-0.2, -0.15) is 0 Å². The van der Waals surface area contributed by atoms with Gasteiger partial charge in [0.25, 0.3) is 0 Å². The van der Waals surface area contributed by atoms with Crippen LogP contribution in [0.15, 0.2) is 46.8 Å². The minimum absolute atomic E-state index is 0.0702. The summed E-state index contributed by atoms with van der Waals surface area (Å²) in [5, 5.41) is 10.2. The highest BCUT2D eigenvalue weighted by Crippen LogP contribution is 2.75. The second-order valence-electron chi connectivity index (χ2n) is 12.2. The molecule has 0 radical (unpaired) electrons. The zero-order valence-corrected chi connectivity index (χ0v) is 19.7. The van der Waals surface area contributed by atoms with E-state index >= 15 is 0 Å². The first kappa shape index (κ1) is 21.0. The molecule has 0 aromatic carbocycles. The first-order valence-corrected chi connectivity index (χ1v) is 12.0. The number of carbonyl (C=O) groups excluding carboxylic acids is 2. The van der Waals surface area contributed by atoms with Crippen molar-refractivity contribution in [2.45, 2.75) is 79.6 Å². The summed E-state index contributed by atoms with van der Waals surface area (Å²) in [6.45, 7) is 15.6. The van der Waals surface area contributed by atoms with Crippen LogP contribution in [0.1, 0.15) is 79.6 Å². The van der Waals surface area contributed by atoms with E-state index < -0.39 is 0 Å². The Morgan fingerprint density at radius 1 is 0.968 bits per heavy atom. The number of ketones is 2. The van der Waals surface area contributed by atoms with E-state index in [1.165, 1.54) is 12.0 Å². The Morgan fingerprint density at radius 3 is 2.35 bits per heavy atom. The van der Waals surface area contributed by atoms with E-state index in [0.29, 0.717) is 16.9 Å². The molecule has 31 heavy (non-hydrogen) atoms. The van der Waals surface area contributed by atoms with Crippen LogP contribution in [0.4, 0.5) is 0 Å². The summed E-state index contributed by atoms with van der Waals surface area (Å²) in [4.78, 5) is 26.4. The van der Waals surface area contributed by atoms with Gasteiger partial charge in [0.1, 0.15) is 0 Å². The summed E-state index contributed by atoms with van der Waals surface area (Å²) < 4.78 is 0. The quantitative estimate of drug-likeness (QED) is 0.460. The lowest BCUT2D eigenvalue weighted by Crippen LogP contribution is -2.65. The van der Waals surface area contributed by atoms with Gasteiger partial charge in [-0.3, -0.25) is 9.59 Å². The van der Waals surface area contributed by atoms with E-state index in [1.807, 2.05) is 0 Å². The molecule has 6 atom stereocenters. The van der Waals surface area contributed by atoms with E-state index in [2.05, 4.69) is 34.3 Å².